The summed E-state index contributed by atoms with van der Waals surface area (Å²) in [5.41, 5.74) is 9.18. The molecule has 132 valence electrons. The van der Waals surface area contributed by atoms with E-state index in [0.29, 0.717) is 11.5 Å². The van der Waals surface area contributed by atoms with Gasteiger partial charge in [-0.15, -0.1) is 5.10 Å². The van der Waals surface area contributed by atoms with Crippen molar-refractivity contribution in [2.24, 2.45) is 5.73 Å². The van der Waals surface area contributed by atoms with E-state index in [4.69, 9.17) is 15.2 Å². The van der Waals surface area contributed by atoms with Crippen molar-refractivity contribution in [2.45, 2.75) is 32.6 Å². The number of esters is 1. The van der Waals surface area contributed by atoms with Crippen LogP contribution in [0.5, 0.6) is 5.88 Å². The van der Waals surface area contributed by atoms with Gasteiger partial charge in [-0.3, -0.25) is 5.10 Å². The van der Waals surface area contributed by atoms with Gasteiger partial charge in [-0.2, -0.15) is 0 Å². The highest BCUT2D eigenvalue weighted by molar-refractivity contribution is 14.1. The molecule has 0 saturated heterocycles. The zero-order chi connectivity index (χ0) is 18.0. The number of rotatable bonds is 5. The normalized spacial score (nSPS) is 16.4. The first-order valence-corrected chi connectivity index (χ1v) is 9.31. The van der Waals surface area contributed by atoms with Crippen LogP contribution in [0.4, 0.5) is 0 Å². The van der Waals surface area contributed by atoms with Crippen LogP contribution in [0, 0.1) is 3.57 Å². The number of nitrogens with one attached hydrogen (secondary N) is 1. The molecule has 2 aromatic rings. The topological polar surface area (TPSA) is 90.2 Å². The first-order chi connectivity index (χ1) is 12.1. The number of aromatic nitrogens is 2. The van der Waals surface area contributed by atoms with Gasteiger partial charge in [0.25, 0.3) is 0 Å². The second-order valence-electron chi connectivity index (χ2n) is 5.76. The average molecular weight is 453 g/mol. The third kappa shape index (κ3) is 3.37. The number of carbonyl (C=O) groups is 1. The van der Waals surface area contributed by atoms with E-state index in [0.717, 1.165) is 33.2 Å². The lowest BCUT2D eigenvalue weighted by Gasteiger charge is -2.26. The molecule has 1 aliphatic rings. The van der Waals surface area contributed by atoms with E-state index in [1.54, 1.807) is 6.92 Å². The number of nitrogens with zero attached hydrogens (tertiary/aromatic N) is 1. The van der Waals surface area contributed by atoms with E-state index in [1.807, 2.05) is 24.3 Å². The summed E-state index contributed by atoms with van der Waals surface area (Å²) >= 11 is 2.25. The molecule has 0 spiro atoms. The molecular formula is C18H20IN3O3. The molecule has 0 saturated carbocycles. The van der Waals surface area contributed by atoms with Crippen LogP contribution in [-0.4, -0.2) is 22.8 Å². The molecule has 3 rings (SSSR count). The summed E-state index contributed by atoms with van der Waals surface area (Å²) in [6.07, 6.45) is 1.75. The van der Waals surface area contributed by atoms with Gasteiger partial charge in [0.15, 0.2) is 0 Å². The van der Waals surface area contributed by atoms with E-state index in [9.17, 15) is 4.79 Å². The van der Waals surface area contributed by atoms with Gasteiger partial charge in [0.1, 0.15) is 5.57 Å². The number of hydrogen-bond donors (Lipinski definition) is 2. The molecule has 1 atom stereocenters. The minimum atomic E-state index is -0.460. The summed E-state index contributed by atoms with van der Waals surface area (Å²) in [7, 11) is 0. The van der Waals surface area contributed by atoms with E-state index in [2.05, 4.69) is 39.7 Å². The van der Waals surface area contributed by atoms with Crippen molar-refractivity contribution in [3.05, 3.63) is 56.1 Å². The molecule has 0 bridgehead atoms. The predicted octanol–water partition coefficient (Wildman–Crippen LogP) is 3.22. The Labute approximate surface area is 159 Å². The molecule has 1 aromatic carbocycles. The van der Waals surface area contributed by atoms with Crippen molar-refractivity contribution < 1.29 is 14.3 Å². The Hall–Kier alpha value is -2.03. The predicted molar refractivity (Wildman–Crippen MR) is 102 cm³/mol. The summed E-state index contributed by atoms with van der Waals surface area (Å²) in [4.78, 5) is 12.6. The van der Waals surface area contributed by atoms with Crippen molar-refractivity contribution in [3.8, 4) is 5.88 Å². The zero-order valence-corrected chi connectivity index (χ0v) is 16.3. The van der Waals surface area contributed by atoms with E-state index >= 15 is 0 Å². The third-order valence-electron chi connectivity index (χ3n) is 4.07. The van der Waals surface area contributed by atoms with Crippen LogP contribution in [0.25, 0.3) is 0 Å². The number of benzene rings is 1. The lowest BCUT2D eigenvalue weighted by atomic mass is 9.83. The van der Waals surface area contributed by atoms with Gasteiger partial charge in [0.2, 0.25) is 11.8 Å². The maximum Gasteiger partial charge on any atom is 0.340 e. The van der Waals surface area contributed by atoms with E-state index < -0.39 is 5.97 Å². The van der Waals surface area contributed by atoms with Crippen LogP contribution in [0.1, 0.15) is 43.0 Å². The zero-order valence-electron chi connectivity index (χ0n) is 14.1. The molecule has 0 fully saturated rings. The number of H-pyrrole nitrogens is 1. The lowest BCUT2D eigenvalue weighted by Crippen LogP contribution is -2.27. The number of fused-ring (bicyclic) bond motifs is 1. The number of aryl methyl sites for hydroxylation is 1. The summed E-state index contributed by atoms with van der Waals surface area (Å²) in [6, 6.07) is 7.99. The molecule has 1 aliphatic heterocycles. The van der Waals surface area contributed by atoms with Crippen molar-refractivity contribution >= 4 is 28.6 Å². The number of halogens is 1. The van der Waals surface area contributed by atoms with Gasteiger partial charge in [-0.05, 0) is 53.6 Å². The van der Waals surface area contributed by atoms with Crippen LogP contribution in [0.15, 0.2) is 35.7 Å². The highest BCUT2D eigenvalue weighted by Gasteiger charge is 2.38. The molecular weight excluding hydrogens is 433 g/mol. The molecule has 0 radical (unpaired) electrons. The maximum absolute atomic E-state index is 12.6. The largest absolute Gasteiger partial charge is 0.462 e. The Morgan fingerprint density at radius 2 is 2.24 bits per heavy atom. The van der Waals surface area contributed by atoms with Gasteiger partial charge in [0, 0.05) is 14.8 Å². The van der Waals surface area contributed by atoms with Crippen LogP contribution in [0.2, 0.25) is 0 Å². The monoisotopic (exact) mass is 453 g/mol. The molecule has 3 N–H and O–H groups in total. The van der Waals surface area contributed by atoms with Gasteiger partial charge in [-0.25, -0.2) is 4.79 Å². The molecule has 0 amide bonds. The quantitative estimate of drug-likeness (QED) is 0.536. The van der Waals surface area contributed by atoms with Crippen LogP contribution >= 0.6 is 22.6 Å². The molecule has 0 unspecified atom stereocenters. The van der Waals surface area contributed by atoms with Gasteiger partial charge >= 0.3 is 5.97 Å². The first kappa shape index (κ1) is 17.8. The molecule has 0 aliphatic carbocycles. The Morgan fingerprint density at radius 1 is 1.44 bits per heavy atom. The number of ether oxygens (including phenoxy) is 2. The van der Waals surface area contributed by atoms with Gasteiger partial charge < -0.3 is 15.2 Å². The second kappa shape index (κ2) is 7.47. The molecule has 6 nitrogen and oxygen atoms in total. The summed E-state index contributed by atoms with van der Waals surface area (Å²) < 4.78 is 11.9. The Kier molecular flexibility index (Phi) is 5.31. The minimum absolute atomic E-state index is 0.0457. The summed E-state index contributed by atoms with van der Waals surface area (Å²) in [6.45, 7) is 4.13. The second-order valence-corrected chi connectivity index (χ2v) is 7.01. The molecule has 7 heteroatoms. The standard InChI is InChI=1S/C18H20IN3O3/c1-3-6-12-14-13(10-7-5-8-11(19)9-10)15(18(23)24-4-2)16(20)25-17(14)22-21-12/h5,7-9,13H,3-4,6,20H2,1-2H3,(H,21,22)/t13-/m1/s1. The van der Waals surface area contributed by atoms with E-state index in [1.165, 1.54) is 0 Å². The Balaban J connectivity index is 2.19. The smallest absolute Gasteiger partial charge is 0.340 e. The minimum Gasteiger partial charge on any atom is -0.462 e. The summed E-state index contributed by atoms with van der Waals surface area (Å²) in [5.74, 6) is -0.349. The lowest BCUT2D eigenvalue weighted by molar-refractivity contribution is -0.139. The molecule has 2 heterocycles. The number of carbonyl (C=O) groups excluding carboxylic acids is 1. The van der Waals surface area contributed by atoms with Gasteiger partial charge in [-0.1, -0.05) is 25.5 Å². The maximum atomic E-state index is 12.6. The highest BCUT2D eigenvalue weighted by atomic mass is 127. The van der Waals surface area contributed by atoms with Crippen molar-refractivity contribution in [2.75, 3.05) is 6.61 Å². The van der Waals surface area contributed by atoms with Crippen LogP contribution < -0.4 is 10.5 Å². The molecule has 1 aromatic heterocycles. The number of nitrogens with two attached hydrogens (primary N) is 1. The fraction of sp³-hybridized carbons (Fsp3) is 0.333. The fourth-order valence-electron chi connectivity index (χ4n) is 3.08. The van der Waals surface area contributed by atoms with Crippen LogP contribution in [-0.2, 0) is 16.0 Å². The number of aromatic amines is 1. The number of hydrogen-bond acceptors (Lipinski definition) is 5. The highest BCUT2D eigenvalue weighted by Crippen LogP contribution is 2.43. The Bertz CT molecular complexity index is 829. The van der Waals surface area contributed by atoms with Crippen molar-refractivity contribution in [3.63, 3.8) is 0 Å². The first-order valence-electron chi connectivity index (χ1n) is 8.24. The van der Waals surface area contributed by atoms with E-state index in [-0.39, 0.29) is 18.4 Å². The third-order valence-corrected chi connectivity index (χ3v) is 4.75. The van der Waals surface area contributed by atoms with Gasteiger partial charge in [0.05, 0.1) is 12.5 Å². The van der Waals surface area contributed by atoms with Crippen molar-refractivity contribution in [1.29, 1.82) is 0 Å². The fourth-order valence-corrected chi connectivity index (χ4v) is 3.64. The average Bonchev–Trinajstić information content (AvgIpc) is 2.96. The summed E-state index contributed by atoms with van der Waals surface area (Å²) in [5, 5.41) is 7.28. The van der Waals surface area contributed by atoms with Crippen molar-refractivity contribution in [1.82, 2.24) is 10.2 Å². The van der Waals surface area contributed by atoms with Crippen LogP contribution in [0.3, 0.4) is 0 Å². The molecule has 25 heavy (non-hydrogen) atoms. The Morgan fingerprint density at radius 3 is 2.92 bits per heavy atom. The SMILES string of the molecule is CCCc1[nH]nc2c1[C@@H](c1cccc(I)c1)C(C(=O)OCC)=C(N)O2.